The zero-order valence-corrected chi connectivity index (χ0v) is 8.16. The normalized spacial score (nSPS) is 10.8. The monoisotopic (exact) mass is 192 g/mol. The minimum absolute atomic E-state index is 0.298. The first-order valence-electron chi connectivity index (χ1n) is 4.40. The molecule has 0 aliphatic heterocycles. The molecule has 0 saturated heterocycles. The number of H-pyrrole nitrogens is 1. The van der Waals surface area contributed by atoms with E-state index in [4.69, 9.17) is 10.3 Å². The molecule has 14 heavy (non-hydrogen) atoms. The fraction of sp³-hybridized carbons (Fsp3) is 0.333. The van der Waals surface area contributed by atoms with Crippen molar-refractivity contribution in [2.75, 3.05) is 0 Å². The summed E-state index contributed by atoms with van der Waals surface area (Å²) in [7, 11) is 0. The van der Waals surface area contributed by atoms with Gasteiger partial charge in [0.2, 0.25) is 0 Å². The molecule has 2 aromatic heterocycles. The van der Waals surface area contributed by atoms with Crippen LogP contribution < -0.4 is 5.73 Å². The van der Waals surface area contributed by atoms with E-state index in [1.807, 2.05) is 19.9 Å². The summed E-state index contributed by atoms with van der Waals surface area (Å²) >= 11 is 0. The molecule has 0 aromatic carbocycles. The fourth-order valence-corrected chi connectivity index (χ4v) is 1.39. The van der Waals surface area contributed by atoms with Crippen molar-refractivity contribution >= 4 is 0 Å². The summed E-state index contributed by atoms with van der Waals surface area (Å²) in [5, 5.41) is 3.74. The van der Waals surface area contributed by atoms with Gasteiger partial charge in [-0.1, -0.05) is 5.16 Å². The van der Waals surface area contributed by atoms with Crippen LogP contribution in [-0.4, -0.2) is 15.1 Å². The third-order valence-corrected chi connectivity index (χ3v) is 2.03. The molecule has 2 heterocycles. The van der Waals surface area contributed by atoms with Gasteiger partial charge in [-0.05, 0) is 19.9 Å². The number of rotatable bonds is 2. The lowest BCUT2D eigenvalue weighted by atomic mass is 10.2. The molecule has 3 N–H and O–H groups in total. The van der Waals surface area contributed by atoms with Crippen molar-refractivity contribution in [1.29, 1.82) is 0 Å². The molecule has 0 amide bonds. The van der Waals surface area contributed by atoms with E-state index < -0.39 is 0 Å². The Bertz CT molecular complexity index is 443. The molecule has 0 radical (unpaired) electrons. The predicted molar refractivity (Wildman–Crippen MR) is 51.5 cm³/mol. The minimum Gasteiger partial charge on any atom is -0.362 e. The van der Waals surface area contributed by atoms with Gasteiger partial charge < -0.3 is 15.2 Å². The fourth-order valence-electron chi connectivity index (χ4n) is 1.39. The van der Waals surface area contributed by atoms with Crippen LogP contribution in [0.5, 0.6) is 0 Å². The van der Waals surface area contributed by atoms with Crippen LogP contribution in [0.3, 0.4) is 0 Å². The number of nitrogens with zero attached hydrogens (tertiary/aromatic N) is 2. The Balaban J connectivity index is 2.43. The number of hydrogen-bond acceptors (Lipinski definition) is 4. The van der Waals surface area contributed by atoms with Gasteiger partial charge in [0, 0.05) is 11.4 Å². The molecule has 5 heteroatoms. The molecule has 74 valence electrons. The highest BCUT2D eigenvalue weighted by Crippen LogP contribution is 2.22. The number of nitrogens with two attached hydrogens (primary N) is 1. The summed E-state index contributed by atoms with van der Waals surface area (Å²) in [6, 6.07) is 1.98. The Morgan fingerprint density at radius 2 is 2.29 bits per heavy atom. The van der Waals surface area contributed by atoms with Crippen molar-refractivity contribution in [3.05, 3.63) is 23.3 Å². The average molecular weight is 192 g/mol. The van der Waals surface area contributed by atoms with Crippen LogP contribution in [0.4, 0.5) is 0 Å². The highest BCUT2D eigenvalue weighted by atomic mass is 16.5. The smallest absolute Gasteiger partial charge is 0.259 e. The number of aryl methyl sites for hydroxylation is 2. The molecule has 0 unspecified atom stereocenters. The van der Waals surface area contributed by atoms with E-state index in [1.165, 1.54) is 0 Å². The summed E-state index contributed by atoms with van der Waals surface area (Å²) in [5.74, 6) is 1.05. The first-order chi connectivity index (χ1) is 6.70. The quantitative estimate of drug-likeness (QED) is 0.747. The third kappa shape index (κ3) is 1.42. The first kappa shape index (κ1) is 8.96. The molecule has 0 aliphatic rings. The molecule has 2 aromatic rings. The molecule has 0 fully saturated rings. The highest BCUT2D eigenvalue weighted by molar-refractivity contribution is 5.57. The van der Waals surface area contributed by atoms with Gasteiger partial charge in [-0.15, -0.1) is 0 Å². The first-order valence-corrected chi connectivity index (χ1v) is 4.40. The van der Waals surface area contributed by atoms with Crippen LogP contribution in [0.25, 0.3) is 11.5 Å². The number of aromatic amines is 1. The van der Waals surface area contributed by atoms with E-state index in [-0.39, 0.29) is 0 Å². The molecule has 0 aliphatic carbocycles. The lowest BCUT2D eigenvalue weighted by molar-refractivity contribution is 0.422. The molecule has 2 rings (SSSR count). The van der Waals surface area contributed by atoms with E-state index in [9.17, 15) is 0 Å². The van der Waals surface area contributed by atoms with Crippen LogP contribution in [0.15, 0.2) is 10.6 Å². The SMILES string of the molecule is Cc1cc(-c2nc(CN)no2)c(C)[nH]1. The van der Waals surface area contributed by atoms with Crippen molar-refractivity contribution in [2.24, 2.45) is 5.73 Å². The summed E-state index contributed by atoms with van der Waals surface area (Å²) in [5.41, 5.74) is 8.43. The van der Waals surface area contributed by atoms with E-state index in [1.54, 1.807) is 0 Å². The maximum absolute atomic E-state index is 5.39. The number of hydrogen-bond donors (Lipinski definition) is 2. The number of nitrogens with one attached hydrogen (secondary N) is 1. The van der Waals surface area contributed by atoms with Crippen LogP contribution in [-0.2, 0) is 6.54 Å². The van der Waals surface area contributed by atoms with Gasteiger partial charge in [-0.3, -0.25) is 0 Å². The van der Waals surface area contributed by atoms with Gasteiger partial charge in [-0.25, -0.2) is 0 Å². The molecule has 0 bridgehead atoms. The maximum atomic E-state index is 5.39. The van der Waals surface area contributed by atoms with Crippen molar-refractivity contribution in [3.63, 3.8) is 0 Å². The third-order valence-electron chi connectivity index (χ3n) is 2.03. The maximum Gasteiger partial charge on any atom is 0.259 e. The largest absolute Gasteiger partial charge is 0.362 e. The van der Waals surface area contributed by atoms with Crippen molar-refractivity contribution in [3.8, 4) is 11.5 Å². The highest BCUT2D eigenvalue weighted by Gasteiger charge is 2.11. The summed E-state index contributed by atoms with van der Waals surface area (Å²) in [6.07, 6.45) is 0. The summed E-state index contributed by atoms with van der Waals surface area (Å²) in [6.45, 7) is 4.25. The standard InChI is InChI=1S/C9H12N4O/c1-5-3-7(6(2)11-5)9-12-8(4-10)13-14-9/h3,11H,4,10H2,1-2H3. The van der Waals surface area contributed by atoms with Crippen LogP contribution >= 0.6 is 0 Å². The summed E-state index contributed by atoms with van der Waals surface area (Å²) < 4.78 is 5.07. The van der Waals surface area contributed by atoms with Gasteiger partial charge >= 0.3 is 0 Å². The van der Waals surface area contributed by atoms with Crippen LogP contribution in [0, 0.1) is 13.8 Å². The Labute approximate surface area is 81.3 Å². The van der Waals surface area contributed by atoms with E-state index in [0.29, 0.717) is 18.3 Å². The lowest BCUT2D eigenvalue weighted by Crippen LogP contribution is -1.97. The second-order valence-electron chi connectivity index (χ2n) is 3.21. The second-order valence-corrected chi connectivity index (χ2v) is 3.21. The molecule has 0 saturated carbocycles. The van der Waals surface area contributed by atoms with Crippen LogP contribution in [0.1, 0.15) is 17.2 Å². The Morgan fingerprint density at radius 3 is 2.79 bits per heavy atom. The Morgan fingerprint density at radius 1 is 1.50 bits per heavy atom. The molecule has 0 atom stereocenters. The van der Waals surface area contributed by atoms with E-state index in [0.717, 1.165) is 17.0 Å². The zero-order valence-electron chi connectivity index (χ0n) is 8.16. The predicted octanol–water partition coefficient (Wildman–Crippen LogP) is 1.14. The molecule has 0 spiro atoms. The molecular weight excluding hydrogens is 180 g/mol. The van der Waals surface area contributed by atoms with Crippen molar-refractivity contribution in [1.82, 2.24) is 15.1 Å². The minimum atomic E-state index is 0.298. The lowest BCUT2D eigenvalue weighted by Gasteiger charge is -1.88. The van der Waals surface area contributed by atoms with Gasteiger partial charge in [0.15, 0.2) is 5.82 Å². The average Bonchev–Trinajstić information content (AvgIpc) is 2.71. The Kier molecular flexibility index (Phi) is 2.09. The molecular formula is C9H12N4O. The van der Waals surface area contributed by atoms with Crippen molar-refractivity contribution < 1.29 is 4.52 Å². The summed E-state index contributed by atoms with van der Waals surface area (Å²) in [4.78, 5) is 7.32. The van der Waals surface area contributed by atoms with E-state index in [2.05, 4.69) is 15.1 Å². The van der Waals surface area contributed by atoms with Crippen molar-refractivity contribution in [2.45, 2.75) is 20.4 Å². The Hall–Kier alpha value is -1.62. The molecule has 5 nitrogen and oxygen atoms in total. The zero-order chi connectivity index (χ0) is 10.1. The van der Waals surface area contributed by atoms with Gasteiger partial charge in [0.1, 0.15) is 0 Å². The van der Waals surface area contributed by atoms with E-state index >= 15 is 0 Å². The van der Waals surface area contributed by atoms with Crippen LogP contribution in [0.2, 0.25) is 0 Å². The van der Waals surface area contributed by atoms with Gasteiger partial charge in [0.05, 0.1) is 12.1 Å². The van der Waals surface area contributed by atoms with Gasteiger partial charge in [-0.2, -0.15) is 4.98 Å². The van der Waals surface area contributed by atoms with Gasteiger partial charge in [0.25, 0.3) is 5.89 Å². The topological polar surface area (TPSA) is 80.7 Å². The number of aromatic nitrogens is 3. The second kappa shape index (κ2) is 3.26.